The Morgan fingerprint density at radius 1 is 1.53 bits per heavy atom. The fraction of sp³-hybridized carbons (Fsp3) is 0.400. The molecule has 0 aliphatic rings. The van der Waals surface area contributed by atoms with E-state index in [1.165, 1.54) is 6.07 Å². The van der Waals surface area contributed by atoms with Crippen molar-refractivity contribution in [2.24, 2.45) is 0 Å². The van der Waals surface area contributed by atoms with Crippen molar-refractivity contribution in [3.05, 3.63) is 34.6 Å². The number of nitrogens with one attached hydrogen (secondary N) is 1. The SMILES string of the molecule is CS(=O)CCNCc1c(F)cccc1Cl. The van der Waals surface area contributed by atoms with Crippen LogP contribution in [0.25, 0.3) is 0 Å². The smallest absolute Gasteiger partial charge is 0.129 e. The van der Waals surface area contributed by atoms with E-state index in [-0.39, 0.29) is 5.82 Å². The van der Waals surface area contributed by atoms with Gasteiger partial charge in [0.25, 0.3) is 0 Å². The van der Waals surface area contributed by atoms with Crippen LogP contribution in [-0.4, -0.2) is 22.8 Å². The molecule has 1 unspecified atom stereocenters. The zero-order valence-corrected chi connectivity index (χ0v) is 10.00. The standard InChI is InChI=1S/C10H13ClFNOS/c1-15(14)6-5-13-7-8-9(11)3-2-4-10(8)12/h2-4,13H,5-7H2,1H3. The second-order valence-electron chi connectivity index (χ2n) is 3.15. The minimum Gasteiger partial charge on any atom is -0.312 e. The highest BCUT2D eigenvalue weighted by molar-refractivity contribution is 7.84. The molecule has 2 nitrogen and oxygen atoms in total. The van der Waals surface area contributed by atoms with Crippen LogP contribution in [0.3, 0.4) is 0 Å². The molecule has 84 valence electrons. The molecule has 0 fully saturated rings. The van der Waals surface area contributed by atoms with E-state index >= 15 is 0 Å². The summed E-state index contributed by atoms with van der Waals surface area (Å²) in [6, 6.07) is 4.60. The molecular weight excluding hydrogens is 237 g/mol. The molecule has 1 atom stereocenters. The maximum atomic E-state index is 13.3. The second kappa shape index (κ2) is 6.20. The second-order valence-corrected chi connectivity index (χ2v) is 5.12. The lowest BCUT2D eigenvalue weighted by atomic mass is 10.2. The van der Waals surface area contributed by atoms with Gasteiger partial charge in [-0.05, 0) is 12.1 Å². The Balaban J connectivity index is 2.47. The first-order valence-electron chi connectivity index (χ1n) is 4.55. The molecule has 0 saturated heterocycles. The minimum atomic E-state index is -0.823. The zero-order valence-electron chi connectivity index (χ0n) is 8.43. The molecule has 0 aromatic heterocycles. The van der Waals surface area contributed by atoms with Crippen molar-refractivity contribution in [3.8, 4) is 0 Å². The van der Waals surface area contributed by atoms with Gasteiger partial charge >= 0.3 is 0 Å². The van der Waals surface area contributed by atoms with Gasteiger partial charge in [0.15, 0.2) is 0 Å². The van der Waals surface area contributed by atoms with Gasteiger partial charge in [-0.2, -0.15) is 0 Å². The molecule has 1 rings (SSSR count). The van der Waals surface area contributed by atoms with E-state index in [2.05, 4.69) is 5.32 Å². The molecule has 0 saturated carbocycles. The van der Waals surface area contributed by atoms with Gasteiger partial charge in [0.2, 0.25) is 0 Å². The van der Waals surface area contributed by atoms with Crippen LogP contribution in [0.5, 0.6) is 0 Å². The van der Waals surface area contributed by atoms with Gasteiger partial charge in [0, 0.05) is 46.5 Å². The maximum Gasteiger partial charge on any atom is 0.129 e. The van der Waals surface area contributed by atoms with E-state index in [4.69, 9.17) is 11.6 Å². The zero-order chi connectivity index (χ0) is 11.3. The Morgan fingerprint density at radius 3 is 2.87 bits per heavy atom. The summed E-state index contributed by atoms with van der Waals surface area (Å²) in [7, 11) is -0.823. The molecule has 1 aromatic rings. The van der Waals surface area contributed by atoms with Gasteiger partial charge in [0.1, 0.15) is 5.82 Å². The van der Waals surface area contributed by atoms with E-state index in [1.54, 1.807) is 18.4 Å². The first-order chi connectivity index (χ1) is 7.11. The molecule has 0 amide bonds. The predicted molar refractivity (Wildman–Crippen MR) is 62.1 cm³/mol. The lowest BCUT2D eigenvalue weighted by molar-refractivity contribution is 0.593. The van der Waals surface area contributed by atoms with Crippen LogP contribution in [0.1, 0.15) is 5.56 Å². The van der Waals surface area contributed by atoms with Crippen LogP contribution in [0, 0.1) is 5.82 Å². The molecule has 0 heterocycles. The van der Waals surface area contributed by atoms with Crippen molar-refractivity contribution in [3.63, 3.8) is 0 Å². The van der Waals surface area contributed by atoms with Gasteiger partial charge in [-0.15, -0.1) is 0 Å². The van der Waals surface area contributed by atoms with Crippen LogP contribution in [-0.2, 0) is 17.3 Å². The normalized spacial score (nSPS) is 12.7. The average molecular weight is 250 g/mol. The third-order valence-corrected chi connectivity index (χ3v) is 3.06. The first kappa shape index (κ1) is 12.6. The van der Waals surface area contributed by atoms with E-state index < -0.39 is 10.8 Å². The summed E-state index contributed by atoms with van der Waals surface area (Å²) in [5.41, 5.74) is 0.459. The quantitative estimate of drug-likeness (QED) is 0.809. The number of hydrogen-bond acceptors (Lipinski definition) is 2. The highest BCUT2D eigenvalue weighted by atomic mass is 35.5. The fourth-order valence-corrected chi connectivity index (χ4v) is 1.79. The summed E-state index contributed by atoms with van der Waals surface area (Å²) in [5.74, 6) is 0.249. The summed E-state index contributed by atoms with van der Waals surface area (Å²) in [5, 5.41) is 3.41. The van der Waals surface area contributed by atoms with Crippen molar-refractivity contribution in [1.29, 1.82) is 0 Å². The van der Waals surface area contributed by atoms with E-state index in [1.807, 2.05) is 0 Å². The monoisotopic (exact) mass is 249 g/mol. The predicted octanol–water partition coefficient (Wildman–Crippen LogP) is 1.95. The van der Waals surface area contributed by atoms with Gasteiger partial charge in [-0.3, -0.25) is 4.21 Å². The Labute approximate surface area is 96.3 Å². The third-order valence-electron chi connectivity index (χ3n) is 1.93. The number of benzene rings is 1. The molecule has 1 N–H and O–H groups in total. The Hall–Kier alpha value is -0.450. The molecule has 0 bridgehead atoms. The molecule has 0 aliphatic heterocycles. The van der Waals surface area contributed by atoms with Crippen LogP contribution in [0.15, 0.2) is 18.2 Å². The molecule has 15 heavy (non-hydrogen) atoms. The summed E-state index contributed by atoms with van der Waals surface area (Å²) >= 11 is 5.83. The topological polar surface area (TPSA) is 29.1 Å². The number of rotatable bonds is 5. The Bertz CT molecular complexity index is 339. The van der Waals surface area contributed by atoms with Gasteiger partial charge in [-0.25, -0.2) is 4.39 Å². The van der Waals surface area contributed by atoms with E-state index in [0.717, 1.165) is 0 Å². The van der Waals surface area contributed by atoms with Crippen LogP contribution in [0.2, 0.25) is 5.02 Å². The lowest BCUT2D eigenvalue weighted by Gasteiger charge is -2.06. The maximum absolute atomic E-state index is 13.3. The van der Waals surface area contributed by atoms with Crippen LogP contribution < -0.4 is 5.32 Å². The summed E-state index contributed by atoms with van der Waals surface area (Å²) in [4.78, 5) is 0. The van der Waals surface area contributed by atoms with Crippen molar-refractivity contribution in [2.45, 2.75) is 6.54 Å². The van der Waals surface area contributed by atoms with Crippen molar-refractivity contribution >= 4 is 22.4 Å². The average Bonchev–Trinajstić information content (AvgIpc) is 2.15. The van der Waals surface area contributed by atoms with Crippen molar-refractivity contribution < 1.29 is 8.60 Å². The molecular formula is C10H13ClFNOS. The molecule has 0 radical (unpaired) electrons. The summed E-state index contributed by atoms with van der Waals surface area (Å²) in [6.45, 7) is 0.955. The van der Waals surface area contributed by atoms with Crippen LogP contribution >= 0.6 is 11.6 Å². The van der Waals surface area contributed by atoms with Gasteiger partial charge < -0.3 is 5.32 Å². The highest BCUT2D eigenvalue weighted by Gasteiger charge is 2.05. The van der Waals surface area contributed by atoms with Crippen LogP contribution in [0.4, 0.5) is 4.39 Å². The third kappa shape index (κ3) is 4.28. The molecule has 1 aromatic carbocycles. The first-order valence-corrected chi connectivity index (χ1v) is 6.65. The summed E-state index contributed by atoms with van der Waals surface area (Å²) < 4.78 is 24.0. The number of hydrogen-bond donors (Lipinski definition) is 1. The largest absolute Gasteiger partial charge is 0.312 e. The number of halogens is 2. The lowest BCUT2D eigenvalue weighted by Crippen LogP contribution is -2.20. The molecule has 0 spiro atoms. The highest BCUT2D eigenvalue weighted by Crippen LogP contribution is 2.18. The van der Waals surface area contributed by atoms with E-state index in [0.29, 0.717) is 29.4 Å². The minimum absolute atomic E-state index is 0.312. The Kier molecular flexibility index (Phi) is 5.22. The fourth-order valence-electron chi connectivity index (χ4n) is 1.13. The van der Waals surface area contributed by atoms with E-state index in [9.17, 15) is 8.60 Å². The van der Waals surface area contributed by atoms with Gasteiger partial charge in [-0.1, -0.05) is 17.7 Å². The Morgan fingerprint density at radius 2 is 2.27 bits per heavy atom. The van der Waals surface area contributed by atoms with Crippen molar-refractivity contribution in [2.75, 3.05) is 18.6 Å². The molecule has 0 aliphatic carbocycles. The van der Waals surface area contributed by atoms with Gasteiger partial charge in [0.05, 0.1) is 0 Å². The van der Waals surface area contributed by atoms with Crippen molar-refractivity contribution in [1.82, 2.24) is 5.32 Å². The summed E-state index contributed by atoms with van der Waals surface area (Å²) in [6.07, 6.45) is 1.64. The molecule has 5 heteroatoms.